The fraction of sp³-hybridized carbons (Fsp3) is 0.500. The highest BCUT2D eigenvalue weighted by atomic mass is 32.2. The van der Waals surface area contributed by atoms with E-state index in [0.29, 0.717) is 11.6 Å². The van der Waals surface area contributed by atoms with Crippen molar-refractivity contribution in [2.24, 2.45) is 0 Å². The van der Waals surface area contributed by atoms with Gasteiger partial charge < -0.3 is 15.3 Å². The lowest BCUT2D eigenvalue weighted by Gasteiger charge is -2.21. The Morgan fingerprint density at radius 2 is 2.37 bits per heavy atom. The number of hydrogen-bond donors (Lipinski definition) is 2. The highest BCUT2D eigenvalue weighted by molar-refractivity contribution is 7.98. The molecule has 1 aliphatic rings. The highest BCUT2D eigenvalue weighted by Gasteiger charge is 2.21. The average molecular weight is 280 g/mol. The normalized spacial score (nSPS) is 19.6. The zero-order valence-corrected chi connectivity index (χ0v) is 12.2. The van der Waals surface area contributed by atoms with Crippen LogP contribution in [-0.4, -0.2) is 48.4 Å². The fourth-order valence-corrected chi connectivity index (χ4v) is 3.15. The van der Waals surface area contributed by atoms with Crippen LogP contribution in [0.3, 0.4) is 0 Å². The minimum atomic E-state index is -0.868. The van der Waals surface area contributed by atoms with Crippen molar-refractivity contribution in [3.8, 4) is 0 Å². The van der Waals surface area contributed by atoms with Crippen LogP contribution in [0.25, 0.3) is 0 Å². The molecule has 0 bridgehead atoms. The molecule has 1 heterocycles. The standard InChI is InChI=1S/C14H20N2O2S/c1-16-8-4-5-10(16)9-15-11-6-3-7-12(19-2)13(11)14(17)18/h3,6-7,10,15H,4-5,8-9H2,1-2H3,(H,17,18). The van der Waals surface area contributed by atoms with Gasteiger partial charge in [0.2, 0.25) is 0 Å². The molecule has 0 radical (unpaired) electrons. The number of anilines is 1. The number of carboxylic acid groups (broad SMARTS) is 1. The van der Waals surface area contributed by atoms with Gasteiger partial charge in [0, 0.05) is 23.2 Å². The molecule has 1 saturated heterocycles. The predicted molar refractivity (Wildman–Crippen MR) is 79.3 cm³/mol. The van der Waals surface area contributed by atoms with Crippen molar-refractivity contribution in [1.29, 1.82) is 0 Å². The molecule has 0 aromatic heterocycles. The molecule has 1 fully saturated rings. The monoisotopic (exact) mass is 280 g/mol. The van der Waals surface area contributed by atoms with Crippen molar-refractivity contribution in [2.45, 2.75) is 23.8 Å². The quantitative estimate of drug-likeness (QED) is 0.812. The molecule has 1 aromatic carbocycles. The highest BCUT2D eigenvalue weighted by Crippen LogP contribution is 2.27. The molecule has 4 nitrogen and oxygen atoms in total. The molecule has 5 heteroatoms. The van der Waals surface area contributed by atoms with Gasteiger partial charge in [-0.3, -0.25) is 0 Å². The molecule has 1 unspecified atom stereocenters. The van der Waals surface area contributed by atoms with Crippen molar-refractivity contribution in [3.05, 3.63) is 23.8 Å². The maximum absolute atomic E-state index is 11.4. The van der Waals surface area contributed by atoms with Gasteiger partial charge in [-0.15, -0.1) is 11.8 Å². The molecule has 19 heavy (non-hydrogen) atoms. The summed E-state index contributed by atoms with van der Waals surface area (Å²) in [4.78, 5) is 14.5. The lowest BCUT2D eigenvalue weighted by Crippen LogP contribution is -2.31. The van der Waals surface area contributed by atoms with E-state index in [4.69, 9.17) is 0 Å². The number of carbonyl (C=O) groups is 1. The largest absolute Gasteiger partial charge is 0.478 e. The van der Waals surface area contributed by atoms with Gasteiger partial charge in [0.1, 0.15) is 0 Å². The van der Waals surface area contributed by atoms with Crippen LogP contribution in [0, 0.1) is 0 Å². The molecule has 1 atom stereocenters. The minimum absolute atomic E-state index is 0.385. The summed E-state index contributed by atoms with van der Waals surface area (Å²) in [6.07, 6.45) is 4.30. The Labute approximate surface area is 118 Å². The van der Waals surface area contributed by atoms with Gasteiger partial charge in [-0.1, -0.05) is 6.07 Å². The molecular weight excluding hydrogens is 260 g/mol. The van der Waals surface area contributed by atoms with E-state index in [1.807, 2.05) is 24.5 Å². The molecule has 0 saturated carbocycles. The van der Waals surface area contributed by atoms with E-state index in [1.54, 1.807) is 0 Å². The van der Waals surface area contributed by atoms with Crippen LogP contribution in [0.4, 0.5) is 5.69 Å². The first-order chi connectivity index (χ1) is 9.13. The Morgan fingerprint density at radius 3 is 2.95 bits per heavy atom. The van der Waals surface area contributed by atoms with Gasteiger partial charge in [0.25, 0.3) is 0 Å². The van der Waals surface area contributed by atoms with E-state index in [2.05, 4.69) is 17.3 Å². The second-order valence-corrected chi connectivity index (χ2v) is 5.69. The van der Waals surface area contributed by atoms with E-state index >= 15 is 0 Å². The summed E-state index contributed by atoms with van der Waals surface area (Å²) in [7, 11) is 2.12. The van der Waals surface area contributed by atoms with Crippen LogP contribution in [0.1, 0.15) is 23.2 Å². The third kappa shape index (κ3) is 3.22. The van der Waals surface area contributed by atoms with Crippen molar-refractivity contribution in [1.82, 2.24) is 4.90 Å². The number of carboxylic acids is 1. The summed E-state index contributed by atoms with van der Waals surface area (Å²) < 4.78 is 0. The van der Waals surface area contributed by atoms with E-state index in [1.165, 1.54) is 24.6 Å². The van der Waals surface area contributed by atoms with E-state index in [0.717, 1.165) is 23.7 Å². The lowest BCUT2D eigenvalue weighted by atomic mass is 10.1. The molecule has 2 rings (SSSR count). The van der Waals surface area contributed by atoms with Gasteiger partial charge in [-0.2, -0.15) is 0 Å². The van der Waals surface area contributed by atoms with Crippen molar-refractivity contribution < 1.29 is 9.90 Å². The van der Waals surface area contributed by atoms with Crippen molar-refractivity contribution in [2.75, 3.05) is 31.7 Å². The van der Waals surface area contributed by atoms with Crippen LogP contribution in [0.5, 0.6) is 0 Å². The fourth-order valence-electron chi connectivity index (χ4n) is 2.53. The number of likely N-dealkylation sites (tertiary alicyclic amines) is 1. The van der Waals surface area contributed by atoms with Crippen molar-refractivity contribution >= 4 is 23.4 Å². The number of hydrogen-bond acceptors (Lipinski definition) is 4. The van der Waals surface area contributed by atoms with Crippen LogP contribution in [0.2, 0.25) is 0 Å². The molecule has 1 aromatic rings. The molecule has 0 spiro atoms. The Balaban J connectivity index is 2.13. The van der Waals surface area contributed by atoms with Crippen LogP contribution in [-0.2, 0) is 0 Å². The number of thioether (sulfide) groups is 1. The van der Waals surface area contributed by atoms with Crippen LogP contribution in [0.15, 0.2) is 23.1 Å². The smallest absolute Gasteiger partial charge is 0.338 e. The topological polar surface area (TPSA) is 52.6 Å². The summed E-state index contributed by atoms with van der Waals surface area (Å²) in [5.41, 5.74) is 1.11. The van der Waals surface area contributed by atoms with Gasteiger partial charge >= 0.3 is 5.97 Å². The second kappa shape index (κ2) is 6.30. The number of benzene rings is 1. The zero-order chi connectivity index (χ0) is 13.8. The summed E-state index contributed by atoms with van der Waals surface area (Å²) in [6, 6.07) is 6.09. The number of aromatic carboxylic acids is 1. The number of rotatable bonds is 5. The molecular formula is C14H20N2O2S. The van der Waals surface area contributed by atoms with E-state index < -0.39 is 5.97 Å². The first-order valence-electron chi connectivity index (χ1n) is 6.48. The minimum Gasteiger partial charge on any atom is -0.478 e. The summed E-state index contributed by atoms with van der Waals surface area (Å²) in [6.45, 7) is 1.93. The zero-order valence-electron chi connectivity index (χ0n) is 11.3. The molecule has 104 valence electrons. The third-order valence-corrected chi connectivity index (χ3v) is 4.44. The first kappa shape index (κ1) is 14.2. The molecule has 0 amide bonds. The summed E-state index contributed by atoms with van der Waals surface area (Å²) in [5.74, 6) is -0.868. The van der Waals surface area contributed by atoms with Gasteiger partial charge in [0.05, 0.1) is 5.56 Å². The second-order valence-electron chi connectivity index (χ2n) is 4.85. The maximum Gasteiger partial charge on any atom is 0.338 e. The van der Waals surface area contributed by atoms with Crippen molar-refractivity contribution in [3.63, 3.8) is 0 Å². The van der Waals surface area contributed by atoms with E-state index in [-0.39, 0.29) is 0 Å². The van der Waals surface area contributed by atoms with Crippen LogP contribution >= 0.6 is 11.8 Å². The number of nitrogens with one attached hydrogen (secondary N) is 1. The molecule has 2 N–H and O–H groups in total. The van der Waals surface area contributed by atoms with Gasteiger partial charge in [-0.05, 0) is 44.8 Å². The summed E-state index contributed by atoms with van der Waals surface area (Å²) in [5, 5.41) is 12.7. The SMILES string of the molecule is CSc1cccc(NCC2CCCN2C)c1C(=O)O. The Morgan fingerprint density at radius 1 is 1.58 bits per heavy atom. The Kier molecular flexibility index (Phi) is 4.71. The Hall–Kier alpha value is -1.20. The summed E-state index contributed by atoms with van der Waals surface area (Å²) >= 11 is 1.47. The Bertz CT molecular complexity index is 465. The predicted octanol–water partition coefficient (Wildman–Crippen LogP) is 2.61. The lowest BCUT2D eigenvalue weighted by molar-refractivity contribution is 0.0694. The van der Waals surface area contributed by atoms with Crippen LogP contribution < -0.4 is 5.32 Å². The van der Waals surface area contributed by atoms with E-state index in [9.17, 15) is 9.90 Å². The first-order valence-corrected chi connectivity index (χ1v) is 7.70. The van der Waals surface area contributed by atoms with Gasteiger partial charge in [0.15, 0.2) is 0 Å². The van der Waals surface area contributed by atoms with Gasteiger partial charge in [-0.25, -0.2) is 4.79 Å². The maximum atomic E-state index is 11.4. The number of nitrogens with zero attached hydrogens (tertiary/aromatic N) is 1. The average Bonchev–Trinajstić information content (AvgIpc) is 2.81. The molecule has 1 aliphatic heterocycles. The molecule has 0 aliphatic carbocycles. The number of likely N-dealkylation sites (N-methyl/N-ethyl adjacent to an activating group) is 1. The third-order valence-electron chi connectivity index (χ3n) is 3.66.